The number of nitrogens with one attached hydrogen (secondary N) is 4. The summed E-state index contributed by atoms with van der Waals surface area (Å²) in [5.41, 5.74) is 7.04. The standard InChI is InChI=1S/C26H30N6O4S2/c1-38(35,36)32-22(20(16-9-4-2-5-10-16)17-11-6-3-7-12-17)25(34)31-21(23(33)18-13-8-14-29-18)19-15-30-26(37-19)24(27)28/h2-7,9-12,15,18,20-22,29,32H,8,13-14H2,1H3,(H3,27,28)(H,31,34)/t18-,21?,22+/m0/s1. The third-order valence-electron chi connectivity index (χ3n) is 6.29. The Morgan fingerprint density at radius 2 is 1.71 bits per heavy atom. The van der Waals surface area contributed by atoms with Gasteiger partial charge in [0.05, 0.1) is 17.2 Å². The van der Waals surface area contributed by atoms with Crippen LogP contribution >= 0.6 is 11.3 Å². The van der Waals surface area contributed by atoms with E-state index in [-0.39, 0.29) is 16.6 Å². The van der Waals surface area contributed by atoms with E-state index >= 15 is 0 Å². The summed E-state index contributed by atoms with van der Waals surface area (Å²) in [6.45, 7) is 0.681. The second-order valence-corrected chi connectivity index (χ2v) is 12.0. The molecule has 0 spiro atoms. The summed E-state index contributed by atoms with van der Waals surface area (Å²) >= 11 is 1.04. The fourth-order valence-electron chi connectivity index (χ4n) is 4.59. The summed E-state index contributed by atoms with van der Waals surface area (Å²) in [5, 5.41) is 13.9. The second kappa shape index (κ2) is 11.9. The number of nitrogens with zero attached hydrogens (tertiary/aromatic N) is 1. The van der Waals surface area contributed by atoms with E-state index in [0.717, 1.165) is 35.1 Å². The molecule has 200 valence electrons. The number of nitrogen functional groups attached to an aromatic ring is 1. The second-order valence-electron chi connectivity index (χ2n) is 9.14. The van der Waals surface area contributed by atoms with Crippen LogP contribution in [0.5, 0.6) is 0 Å². The Bertz CT molecular complexity index is 1350. The van der Waals surface area contributed by atoms with Crippen LogP contribution in [0.1, 0.15) is 45.8 Å². The lowest BCUT2D eigenvalue weighted by atomic mass is 9.85. The number of sulfonamides is 1. The van der Waals surface area contributed by atoms with Crippen molar-refractivity contribution in [3.05, 3.63) is 87.9 Å². The SMILES string of the molecule is CS(=O)(=O)N[C@@H](C(=O)NC(C(=O)[C@@H]1CCCN1)c1cnc(C(=N)N)s1)C(c1ccccc1)c1ccccc1. The number of ketones is 1. The van der Waals surface area contributed by atoms with Gasteiger partial charge in [0, 0.05) is 12.1 Å². The van der Waals surface area contributed by atoms with Crippen molar-refractivity contribution < 1.29 is 18.0 Å². The van der Waals surface area contributed by atoms with E-state index in [0.29, 0.717) is 17.8 Å². The Kier molecular flexibility index (Phi) is 8.67. The zero-order valence-electron chi connectivity index (χ0n) is 20.8. The van der Waals surface area contributed by atoms with E-state index in [2.05, 4.69) is 20.3 Å². The van der Waals surface area contributed by atoms with Crippen molar-refractivity contribution in [2.75, 3.05) is 12.8 Å². The molecule has 0 radical (unpaired) electrons. The van der Waals surface area contributed by atoms with Crippen LogP contribution in [-0.2, 0) is 19.6 Å². The Morgan fingerprint density at radius 1 is 1.11 bits per heavy atom. The molecule has 2 heterocycles. The molecule has 1 aromatic heterocycles. The van der Waals surface area contributed by atoms with Crippen LogP contribution < -0.4 is 21.1 Å². The number of thiazole rings is 1. The van der Waals surface area contributed by atoms with Crippen molar-refractivity contribution >= 4 is 38.9 Å². The van der Waals surface area contributed by atoms with Crippen LogP contribution in [0.25, 0.3) is 0 Å². The predicted octanol–water partition coefficient (Wildman–Crippen LogP) is 1.66. The number of amides is 1. The Morgan fingerprint density at radius 3 is 2.18 bits per heavy atom. The van der Waals surface area contributed by atoms with Gasteiger partial charge in [-0.15, -0.1) is 11.3 Å². The van der Waals surface area contributed by atoms with Gasteiger partial charge in [0.25, 0.3) is 0 Å². The molecule has 12 heteroatoms. The maximum atomic E-state index is 14.0. The number of carbonyl (C=O) groups excluding carboxylic acids is 2. The van der Waals surface area contributed by atoms with Gasteiger partial charge in [-0.05, 0) is 30.5 Å². The van der Waals surface area contributed by atoms with Crippen molar-refractivity contribution in [3.63, 3.8) is 0 Å². The largest absolute Gasteiger partial charge is 0.382 e. The molecule has 2 aromatic carbocycles. The van der Waals surface area contributed by atoms with Crippen LogP contribution in [0.2, 0.25) is 0 Å². The quantitative estimate of drug-likeness (QED) is 0.177. The molecule has 4 rings (SSSR count). The van der Waals surface area contributed by atoms with Crippen molar-refractivity contribution in [3.8, 4) is 0 Å². The van der Waals surface area contributed by atoms with Crippen LogP contribution in [0.4, 0.5) is 0 Å². The number of rotatable bonds is 11. The van der Waals surface area contributed by atoms with Crippen molar-refractivity contribution in [1.82, 2.24) is 20.3 Å². The number of nitrogens with two attached hydrogens (primary N) is 1. The van der Waals surface area contributed by atoms with Gasteiger partial charge in [0.15, 0.2) is 16.6 Å². The lowest BCUT2D eigenvalue weighted by Gasteiger charge is -2.29. The first-order chi connectivity index (χ1) is 18.1. The summed E-state index contributed by atoms with van der Waals surface area (Å²) in [6, 6.07) is 15.4. The van der Waals surface area contributed by atoms with Gasteiger partial charge in [-0.25, -0.2) is 18.1 Å². The summed E-state index contributed by atoms with van der Waals surface area (Å²) in [4.78, 5) is 32.0. The van der Waals surface area contributed by atoms with Gasteiger partial charge in [0.1, 0.15) is 12.1 Å². The minimum Gasteiger partial charge on any atom is -0.382 e. The molecule has 1 unspecified atom stereocenters. The minimum atomic E-state index is -3.84. The highest BCUT2D eigenvalue weighted by atomic mass is 32.2. The number of Topliss-reactive ketones (excluding diaryl/α,β-unsaturated/α-hetero) is 1. The molecule has 0 aliphatic carbocycles. The van der Waals surface area contributed by atoms with Crippen molar-refractivity contribution in [2.24, 2.45) is 5.73 Å². The summed E-state index contributed by atoms with van der Waals surface area (Å²) in [6.07, 6.45) is 3.85. The molecule has 1 aliphatic heterocycles. The third kappa shape index (κ3) is 6.70. The van der Waals surface area contributed by atoms with E-state index < -0.39 is 40.0 Å². The van der Waals surface area contributed by atoms with E-state index in [4.69, 9.17) is 11.1 Å². The smallest absolute Gasteiger partial charge is 0.240 e. The van der Waals surface area contributed by atoms with Crippen LogP contribution in [-0.4, -0.2) is 55.8 Å². The van der Waals surface area contributed by atoms with Crippen LogP contribution in [0.3, 0.4) is 0 Å². The van der Waals surface area contributed by atoms with Gasteiger partial charge < -0.3 is 16.4 Å². The molecule has 3 atom stereocenters. The third-order valence-corrected chi connectivity index (χ3v) is 8.07. The number of aromatic nitrogens is 1. The first-order valence-corrected chi connectivity index (χ1v) is 14.8. The fourth-order valence-corrected chi connectivity index (χ4v) is 6.13. The molecular weight excluding hydrogens is 524 g/mol. The lowest BCUT2D eigenvalue weighted by Crippen LogP contribution is -2.52. The number of hydrogen-bond acceptors (Lipinski definition) is 8. The summed E-state index contributed by atoms with van der Waals surface area (Å²) in [7, 11) is -3.84. The highest BCUT2D eigenvalue weighted by Gasteiger charge is 2.38. The Labute approximate surface area is 225 Å². The number of hydrogen-bond donors (Lipinski definition) is 5. The minimum absolute atomic E-state index is 0.226. The molecular formula is C26H30N6O4S2. The highest BCUT2D eigenvalue weighted by molar-refractivity contribution is 7.88. The maximum Gasteiger partial charge on any atom is 0.240 e. The molecule has 0 saturated carbocycles. The number of benzene rings is 2. The van der Waals surface area contributed by atoms with Gasteiger partial charge >= 0.3 is 0 Å². The first-order valence-electron chi connectivity index (χ1n) is 12.1. The predicted molar refractivity (Wildman–Crippen MR) is 147 cm³/mol. The van der Waals surface area contributed by atoms with E-state index in [9.17, 15) is 18.0 Å². The van der Waals surface area contributed by atoms with Crippen molar-refractivity contribution in [2.45, 2.75) is 36.9 Å². The van der Waals surface area contributed by atoms with Crippen LogP contribution in [0.15, 0.2) is 66.9 Å². The Balaban J connectivity index is 1.75. The number of amidine groups is 1. The zero-order chi connectivity index (χ0) is 27.3. The van der Waals surface area contributed by atoms with Crippen LogP contribution in [0, 0.1) is 5.41 Å². The number of carbonyl (C=O) groups is 2. The molecule has 3 aromatic rings. The molecule has 1 saturated heterocycles. The average molecular weight is 555 g/mol. The monoisotopic (exact) mass is 554 g/mol. The van der Waals surface area contributed by atoms with Gasteiger partial charge in [0.2, 0.25) is 15.9 Å². The summed E-state index contributed by atoms with van der Waals surface area (Å²) < 4.78 is 27.5. The first kappa shape index (κ1) is 27.6. The van der Waals surface area contributed by atoms with Crippen molar-refractivity contribution in [1.29, 1.82) is 5.41 Å². The van der Waals surface area contributed by atoms with Gasteiger partial charge in [-0.3, -0.25) is 15.0 Å². The molecule has 6 N–H and O–H groups in total. The summed E-state index contributed by atoms with van der Waals surface area (Å²) in [5.74, 6) is -1.85. The highest BCUT2D eigenvalue weighted by Crippen LogP contribution is 2.30. The van der Waals surface area contributed by atoms with E-state index in [1.807, 2.05) is 60.7 Å². The molecule has 1 amide bonds. The average Bonchev–Trinajstić information content (AvgIpc) is 3.60. The van der Waals surface area contributed by atoms with E-state index in [1.165, 1.54) is 6.20 Å². The molecule has 1 fully saturated rings. The maximum absolute atomic E-state index is 14.0. The normalized spacial score (nSPS) is 17.2. The topological polar surface area (TPSA) is 167 Å². The molecule has 1 aliphatic rings. The van der Waals surface area contributed by atoms with Gasteiger partial charge in [-0.1, -0.05) is 60.7 Å². The van der Waals surface area contributed by atoms with E-state index in [1.54, 1.807) is 0 Å². The Hall–Kier alpha value is -3.45. The molecule has 38 heavy (non-hydrogen) atoms. The lowest BCUT2D eigenvalue weighted by molar-refractivity contribution is -0.129. The van der Waals surface area contributed by atoms with Gasteiger partial charge in [-0.2, -0.15) is 0 Å². The molecule has 0 bridgehead atoms. The molecule has 10 nitrogen and oxygen atoms in total. The zero-order valence-corrected chi connectivity index (χ0v) is 22.4. The fraction of sp³-hybridized carbons (Fsp3) is 0.308.